The number of carbonyl (C=O) groups is 2. The molecule has 1 aliphatic heterocycles. The summed E-state index contributed by atoms with van der Waals surface area (Å²) < 4.78 is 5.48. The van der Waals surface area contributed by atoms with Crippen LogP contribution in [0.15, 0.2) is 24.3 Å². The van der Waals surface area contributed by atoms with Crippen LogP contribution in [0, 0.1) is 0 Å². The third-order valence-corrected chi connectivity index (χ3v) is 2.89. The molecule has 1 aliphatic rings. The molecule has 0 aliphatic carbocycles. The van der Waals surface area contributed by atoms with E-state index < -0.39 is 0 Å². The first-order valence-electron chi connectivity index (χ1n) is 6.38. The molecule has 1 amide bonds. The number of hydrogen-bond donors (Lipinski definition) is 1. The average Bonchev–Trinajstić information content (AvgIpc) is 2.38. The zero-order valence-corrected chi connectivity index (χ0v) is 10.9. The van der Waals surface area contributed by atoms with E-state index in [9.17, 15) is 9.59 Å². The van der Waals surface area contributed by atoms with Crippen molar-refractivity contribution in [2.24, 2.45) is 0 Å². The minimum absolute atomic E-state index is 0.0194. The number of rotatable bonds is 4. The highest BCUT2D eigenvalue weighted by Crippen LogP contribution is 2.26. The summed E-state index contributed by atoms with van der Waals surface area (Å²) in [6, 6.07) is 5.59. The molecule has 0 spiro atoms. The zero-order valence-electron chi connectivity index (χ0n) is 10.9. The molecule has 1 N–H and O–H groups in total. The molecular weight excluding hydrogens is 242 g/mol. The number of carbonyl (C=O) groups excluding carboxylic acids is 2. The lowest BCUT2D eigenvalue weighted by molar-refractivity contribution is -0.118. The lowest BCUT2D eigenvalue weighted by atomic mass is 10.0. The normalized spacial score (nSPS) is 14.1. The second-order valence-electron chi connectivity index (χ2n) is 4.45. The van der Waals surface area contributed by atoms with Crippen molar-refractivity contribution in [1.82, 2.24) is 5.32 Å². The number of ketones is 1. The van der Waals surface area contributed by atoms with E-state index in [1.54, 1.807) is 0 Å². The monoisotopic (exact) mass is 259 g/mol. The molecule has 0 bridgehead atoms. The lowest BCUT2D eigenvalue weighted by Gasteiger charge is -2.16. The fourth-order valence-corrected chi connectivity index (χ4v) is 1.93. The number of hydrogen-bond acceptors (Lipinski definition) is 3. The van der Waals surface area contributed by atoms with Crippen LogP contribution >= 0.6 is 0 Å². The van der Waals surface area contributed by atoms with Gasteiger partial charge in [0.2, 0.25) is 5.91 Å². The first kappa shape index (κ1) is 13.3. The van der Waals surface area contributed by atoms with Gasteiger partial charge in [0.05, 0.1) is 12.2 Å². The summed E-state index contributed by atoms with van der Waals surface area (Å²) in [5.41, 5.74) is 1.66. The Balaban J connectivity index is 1.96. The smallest absolute Gasteiger partial charge is 0.216 e. The van der Waals surface area contributed by atoms with Crippen molar-refractivity contribution in [3.8, 4) is 5.75 Å². The van der Waals surface area contributed by atoms with Gasteiger partial charge in [-0.25, -0.2) is 0 Å². The molecule has 0 radical (unpaired) electrons. The Kier molecular flexibility index (Phi) is 4.34. The van der Waals surface area contributed by atoms with Gasteiger partial charge < -0.3 is 10.1 Å². The SMILES string of the molecule is CC(=O)NCCC=Cc1ccc2c(c1)OCCC2=O. The van der Waals surface area contributed by atoms with E-state index in [2.05, 4.69) is 5.32 Å². The number of Topliss-reactive ketones (excluding diaryl/α,β-unsaturated/α-hetero) is 1. The van der Waals surface area contributed by atoms with Crippen LogP contribution in [0.2, 0.25) is 0 Å². The van der Waals surface area contributed by atoms with Gasteiger partial charge in [0.25, 0.3) is 0 Å². The maximum Gasteiger partial charge on any atom is 0.216 e. The van der Waals surface area contributed by atoms with Crippen LogP contribution in [0.3, 0.4) is 0 Å². The van der Waals surface area contributed by atoms with Crippen LogP contribution in [-0.2, 0) is 4.79 Å². The van der Waals surface area contributed by atoms with Crippen LogP contribution in [0.5, 0.6) is 5.75 Å². The third kappa shape index (κ3) is 3.68. The summed E-state index contributed by atoms with van der Waals surface area (Å²) in [4.78, 5) is 22.3. The molecule has 19 heavy (non-hydrogen) atoms. The Labute approximate surface area is 112 Å². The molecule has 1 aromatic carbocycles. The standard InChI is InChI=1S/C15H17NO3/c1-11(17)16-8-3-2-4-12-5-6-13-14(18)7-9-19-15(13)10-12/h2,4-6,10H,3,7-9H2,1H3,(H,16,17). The Bertz CT molecular complexity index is 520. The summed E-state index contributed by atoms with van der Waals surface area (Å²) in [7, 11) is 0. The Morgan fingerprint density at radius 2 is 2.32 bits per heavy atom. The van der Waals surface area contributed by atoms with E-state index in [0.717, 1.165) is 12.0 Å². The van der Waals surface area contributed by atoms with Gasteiger partial charge in [0, 0.05) is 19.9 Å². The van der Waals surface area contributed by atoms with Gasteiger partial charge in [-0.2, -0.15) is 0 Å². The van der Waals surface area contributed by atoms with Crippen molar-refractivity contribution in [3.05, 3.63) is 35.4 Å². The maximum atomic E-state index is 11.6. The Morgan fingerprint density at radius 3 is 3.11 bits per heavy atom. The number of nitrogens with one attached hydrogen (secondary N) is 1. The molecule has 0 saturated carbocycles. The largest absolute Gasteiger partial charge is 0.492 e. The van der Waals surface area contributed by atoms with Crippen LogP contribution < -0.4 is 10.1 Å². The van der Waals surface area contributed by atoms with Gasteiger partial charge in [-0.15, -0.1) is 0 Å². The highest BCUT2D eigenvalue weighted by atomic mass is 16.5. The molecule has 1 aromatic rings. The third-order valence-electron chi connectivity index (χ3n) is 2.89. The zero-order chi connectivity index (χ0) is 13.7. The van der Waals surface area contributed by atoms with Crippen molar-refractivity contribution in [1.29, 1.82) is 0 Å². The van der Waals surface area contributed by atoms with Gasteiger partial charge in [0.15, 0.2) is 5.78 Å². The number of ether oxygens (including phenoxy) is 1. The maximum absolute atomic E-state index is 11.6. The van der Waals surface area contributed by atoms with Crippen LogP contribution in [0.25, 0.3) is 6.08 Å². The Hall–Kier alpha value is -2.10. The van der Waals surface area contributed by atoms with Crippen molar-refractivity contribution >= 4 is 17.8 Å². The van der Waals surface area contributed by atoms with Gasteiger partial charge >= 0.3 is 0 Å². The van der Waals surface area contributed by atoms with Crippen LogP contribution in [0.1, 0.15) is 35.7 Å². The van der Waals surface area contributed by atoms with Crippen molar-refractivity contribution in [3.63, 3.8) is 0 Å². The lowest BCUT2D eigenvalue weighted by Crippen LogP contribution is -2.20. The number of amides is 1. The van der Waals surface area contributed by atoms with Crippen molar-refractivity contribution in [2.45, 2.75) is 19.8 Å². The molecule has 2 rings (SSSR count). The highest BCUT2D eigenvalue weighted by molar-refractivity contribution is 5.99. The molecule has 0 fully saturated rings. The highest BCUT2D eigenvalue weighted by Gasteiger charge is 2.17. The van der Waals surface area contributed by atoms with Gasteiger partial charge in [0.1, 0.15) is 5.75 Å². The average molecular weight is 259 g/mol. The van der Waals surface area contributed by atoms with E-state index in [0.29, 0.717) is 30.9 Å². The summed E-state index contributed by atoms with van der Waals surface area (Å²) >= 11 is 0. The number of benzene rings is 1. The van der Waals surface area contributed by atoms with Crippen molar-refractivity contribution < 1.29 is 14.3 Å². The molecule has 4 heteroatoms. The molecule has 100 valence electrons. The minimum Gasteiger partial charge on any atom is -0.492 e. The van der Waals surface area contributed by atoms with E-state index in [4.69, 9.17) is 4.74 Å². The number of fused-ring (bicyclic) bond motifs is 1. The molecule has 1 heterocycles. The fourth-order valence-electron chi connectivity index (χ4n) is 1.93. The molecule has 0 aromatic heterocycles. The van der Waals surface area contributed by atoms with Gasteiger partial charge in [-0.05, 0) is 24.1 Å². The van der Waals surface area contributed by atoms with Crippen LogP contribution in [-0.4, -0.2) is 24.8 Å². The van der Waals surface area contributed by atoms with Gasteiger partial charge in [-0.1, -0.05) is 18.2 Å². The second-order valence-corrected chi connectivity index (χ2v) is 4.45. The summed E-state index contributed by atoms with van der Waals surface area (Å²) in [6.07, 6.45) is 5.18. The van der Waals surface area contributed by atoms with E-state index in [1.165, 1.54) is 6.92 Å². The molecular formula is C15H17NO3. The van der Waals surface area contributed by atoms with Gasteiger partial charge in [-0.3, -0.25) is 9.59 Å². The fraction of sp³-hybridized carbons (Fsp3) is 0.333. The molecule has 0 atom stereocenters. The summed E-state index contributed by atoms with van der Waals surface area (Å²) in [5, 5.41) is 2.73. The first-order valence-corrected chi connectivity index (χ1v) is 6.38. The second kappa shape index (κ2) is 6.18. The predicted molar refractivity (Wildman–Crippen MR) is 73.2 cm³/mol. The topological polar surface area (TPSA) is 55.4 Å². The van der Waals surface area contributed by atoms with E-state index in [1.807, 2.05) is 30.4 Å². The quantitative estimate of drug-likeness (QED) is 0.843. The summed E-state index contributed by atoms with van der Waals surface area (Å²) in [5.74, 6) is 0.789. The molecule has 0 saturated heterocycles. The molecule has 4 nitrogen and oxygen atoms in total. The predicted octanol–water partition coefficient (Wildman–Crippen LogP) is 2.19. The molecule has 0 unspecified atom stereocenters. The minimum atomic E-state index is -0.0194. The Morgan fingerprint density at radius 1 is 1.47 bits per heavy atom. The van der Waals surface area contributed by atoms with Crippen LogP contribution in [0.4, 0.5) is 0 Å². The van der Waals surface area contributed by atoms with Crippen molar-refractivity contribution in [2.75, 3.05) is 13.2 Å². The summed E-state index contributed by atoms with van der Waals surface area (Å²) in [6.45, 7) is 2.59. The first-order chi connectivity index (χ1) is 9.16. The van der Waals surface area contributed by atoms with E-state index in [-0.39, 0.29) is 11.7 Å². The van der Waals surface area contributed by atoms with E-state index >= 15 is 0 Å².